The predicted molar refractivity (Wildman–Crippen MR) is 86.6 cm³/mol. The Hall–Kier alpha value is -0.990. The van der Waals surface area contributed by atoms with E-state index in [1.54, 1.807) is 30.3 Å². The lowest BCUT2D eigenvalue weighted by Crippen LogP contribution is -2.47. The summed E-state index contributed by atoms with van der Waals surface area (Å²) in [6.07, 6.45) is 3.49. The second-order valence-electron chi connectivity index (χ2n) is 6.28. The van der Waals surface area contributed by atoms with Crippen molar-refractivity contribution in [2.45, 2.75) is 54.9 Å². The molecule has 6 nitrogen and oxygen atoms in total. The molecule has 3 rings (SSSR count). The highest BCUT2D eigenvalue weighted by molar-refractivity contribution is 7.89. The van der Waals surface area contributed by atoms with Crippen LogP contribution in [0.2, 0.25) is 0 Å². The molecule has 0 bridgehead atoms. The molecule has 1 aromatic rings. The first-order valence-corrected chi connectivity index (χ1v) is 9.65. The molecule has 1 heterocycles. The zero-order valence-corrected chi connectivity index (χ0v) is 13.8. The maximum atomic E-state index is 12.2. The minimum absolute atomic E-state index is 0.0707. The molecule has 0 aromatic heterocycles. The van der Waals surface area contributed by atoms with Crippen molar-refractivity contribution in [3.05, 3.63) is 30.3 Å². The summed E-state index contributed by atoms with van der Waals surface area (Å²) in [5.74, 6) is 0. The number of aliphatic hydroxyl groups is 1. The number of hydrogen-bond donors (Lipinski definition) is 3. The number of hydrogen-bond acceptors (Lipinski definition) is 5. The molecule has 3 N–H and O–H groups in total. The largest absolute Gasteiger partial charge is 0.389 e. The Balaban J connectivity index is 1.52. The van der Waals surface area contributed by atoms with Crippen molar-refractivity contribution in [2.75, 3.05) is 13.2 Å². The van der Waals surface area contributed by atoms with Gasteiger partial charge in [-0.3, -0.25) is 0 Å². The van der Waals surface area contributed by atoms with Crippen molar-refractivity contribution in [3.8, 4) is 0 Å². The Morgan fingerprint density at radius 3 is 2.57 bits per heavy atom. The Bertz CT molecular complexity index is 602. The van der Waals surface area contributed by atoms with Gasteiger partial charge in [-0.15, -0.1) is 0 Å². The van der Waals surface area contributed by atoms with Gasteiger partial charge in [0.2, 0.25) is 10.0 Å². The number of sulfonamides is 1. The molecule has 1 aliphatic heterocycles. The molecule has 1 saturated carbocycles. The first kappa shape index (κ1) is 16.9. The summed E-state index contributed by atoms with van der Waals surface area (Å²) in [7, 11) is -3.57. The lowest BCUT2D eigenvalue weighted by atomic mass is 10.1. The second-order valence-corrected chi connectivity index (χ2v) is 8.05. The normalized spacial score (nSPS) is 29.2. The fraction of sp³-hybridized carbons (Fsp3) is 0.625. The van der Waals surface area contributed by atoms with Crippen molar-refractivity contribution < 1.29 is 18.3 Å². The summed E-state index contributed by atoms with van der Waals surface area (Å²) in [5, 5.41) is 13.8. The first-order chi connectivity index (χ1) is 11.1. The molecule has 23 heavy (non-hydrogen) atoms. The molecule has 1 saturated heterocycles. The maximum Gasteiger partial charge on any atom is 0.240 e. The van der Waals surface area contributed by atoms with Crippen LogP contribution in [0, 0.1) is 0 Å². The molecular weight excluding hydrogens is 316 g/mol. The van der Waals surface area contributed by atoms with Crippen LogP contribution in [0.5, 0.6) is 0 Å². The van der Waals surface area contributed by atoms with E-state index in [0.717, 1.165) is 12.8 Å². The highest BCUT2D eigenvalue weighted by atomic mass is 32.2. The van der Waals surface area contributed by atoms with Crippen LogP contribution in [-0.2, 0) is 14.8 Å². The summed E-state index contributed by atoms with van der Waals surface area (Å²) < 4.78 is 32.5. The molecule has 3 atom stereocenters. The van der Waals surface area contributed by atoms with E-state index in [9.17, 15) is 13.5 Å². The minimum Gasteiger partial charge on any atom is -0.389 e. The average Bonchev–Trinajstić information content (AvgIpc) is 3.18. The second kappa shape index (κ2) is 7.27. The fourth-order valence-electron chi connectivity index (χ4n) is 3.28. The number of aliphatic hydroxyl groups excluding tert-OH is 1. The van der Waals surface area contributed by atoms with Crippen LogP contribution in [0.15, 0.2) is 35.2 Å². The summed E-state index contributed by atoms with van der Waals surface area (Å²) >= 11 is 0. The average molecular weight is 340 g/mol. The lowest BCUT2D eigenvalue weighted by molar-refractivity contribution is 0.0440. The van der Waals surface area contributed by atoms with Gasteiger partial charge in [0.15, 0.2) is 0 Å². The van der Waals surface area contributed by atoms with Crippen molar-refractivity contribution >= 4 is 10.0 Å². The number of benzene rings is 1. The molecule has 128 valence electrons. The van der Waals surface area contributed by atoms with Gasteiger partial charge in [-0.25, -0.2) is 13.1 Å². The van der Waals surface area contributed by atoms with Gasteiger partial charge in [0.25, 0.3) is 0 Å². The zero-order chi connectivity index (χ0) is 16.3. The fourth-order valence-corrected chi connectivity index (χ4v) is 4.35. The van der Waals surface area contributed by atoms with Crippen LogP contribution in [0.3, 0.4) is 0 Å². The Kier molecular flexibility index (Phi) is 5.33. The van der Waals surface area contributed by atoms with Crippen LogP contribution in [0.25, 0.3) is 0 Å². The summed E-state index contributed by atoms with van der Waals surface area (Å²) in [5.41, 5.74) is 0. The minimum atomic E-state index is -3.57. The Morgan fingerprint density at radius 2 is 1.87 bits per heavy atom. The summed E-state index contributed by atoms with van der Waals surface area (Å²) in [6, 6.07) is 8.52. The van der Waals surface area contributed by atoms with Gasteiger partial charge in [0.1, 0.15) is 0 Å². The van der Waals surface area contributed by atoms with Gasteiger partial charge < -0.3 is 15.2 Å². The number of nitrogens with one attached hydrogen (secondary N) is 2. The van der Waals surface area contributed by atoms with Gasteiger partial charge in [-0.05, 0) is 25.0 Å². The molecule has 1 aliphatic carbocycles. The van der Waals surface area contributed by atoms with E-state index in [1.165, 1.54) is 12.8 Å². The van der Waals surface area contributed by atoms with Crippen molar-refractivity contribution in [3.63, 3.8) is 0 Å². The Morgan fingerprint density at radius 1 is 1.17 bits per heavy atom. The molecule has 0 amide bonds. The van der Waals surface area contributed by atoms with Gasteiger partial charge in [0.05, 0.1) is 29.8 Å². The summed E-state index contributed by atoms with van der Waals surface area (Å²) in [4.78, 5) is 0.216. The molecular formula is C16H24N2O4S. The van der Waals surface area contributed by atoms with Gasteiger partial charge in [-0.1, -0.05) is 31.0 Å². The third kappa shape index (κ3) is 4.10. The van der Waals surface area contributed by atoms with Crippen LogP contribution in [-0.4, -0.2) is 51.0 Å². The molecule has 2 fully saturated rings. The molecule has 7 heteroatoms. The van der Waals surface area contributed by atoms with Crippen LogP contribution in [0.1, 0.15) is 25.7 Å². The predicted octanol–water partition coefficient (Wildman–Crippen LogP) is 0.625. The van der Waals surface area contributed by atoms with E-state index < -0.39 is 22.2 Å². The molecule has 0 spiro atoms. The quantitative estimate of drug-likeness (QED) is 0.707. The topological polar surface area (TPSA) is 87.7 Å². The van der Waals surface area contributed by atoms with E-state index >= 15 is 0 Å². The molecule has 0 unspecified atom stereocenters. The van der Waals surface area contributed by atoms with Crippen LogP contribution < -0.4 is 10.0 Å². The Labute approximate surface area is 137 Å². The van der Waals surface area contributed by atoms with Crippen molar-refractivity contribution in [2.24, 2.45) is 0 Å². The molecule has 2 aliphatic rings. The number of rotatable bonds is 6. The lowest BCUT2D eigenvalue weighted by Gasteiger charge is -2.22. The van der Waals surface area contributed by atoms with E-state index in [2.05, 4.69) is 10.0 Å². The van der Waals surface area contributed by atoms with Gasteiger partial charge in [-0.2, -0.15) is 0 Å². The monoisotopic (exact) mass is 340 g/mol. The third-order valence-corrected chi connectivity index (χ3v) is 6.06. The van der Waals surface area contributed by atoms with Gasteiger partial charge in [0, 0.05) is 12.6 Å². The van der Waals surface area contributed by atoms with E-state index in [1.807, 2.05) is 0 Å². The van der Waals surface area contributed by atoms with E-state index in [-0.39, 0.29) is 17.5 Å². The molecule has 1 aromatic carbocycles. The smallest absolute Gasteiger partial charge is 0.240 e. The maximum absolute atomic E-state index is 12.2. The van der Waals surface area contributed by atoms with Crippen LogP contribution in [0.4, 0.5) is 0 Å². The molecule has 0 radical (unpaired) electrons. The highest BCUT2D eigenvalue weighted by Gasteiger charge is 2.37. The zero-order valence-electron chi connectivity index (χ0n) is 13.0. The standard InChI is InChI=1S/C16H24N2O4S/c19-16-14(18-12-6-4-5-7-12)11-22-15(16)10-17-23(20,21)13-8-2-1-3-9-13/h1-3,8-9,12,14-19H,4-7,10-11H2/t14-,15-,16+/m1/s1. The first-order valence-electron chi connectivity index (χ1n) is 8.17. The van der Waals surface area contributed by atoms with Gasteiger partial charge >= 0.3 is 0 Å². The van der Waals surface area contributed by atoms with Crippen molar-refractivity contribution in [1.82, 2.24) is 10.0 Å². The highest BCUT2D eigenvalue weighted by Crippen LogP contribution is 2.22. The van der Waals surface area contributed by atoms with E-state index in [0.29, 0.717) is 12.6 Å². The van der Waals surface area contributed by atoms with Crippen molar-refractivity contribution in [1.29, 1.82) is 0 Å². The van der Waals surface area contributed by atoms with E-state index in [4.69, 9.17) is 4.74 Å². The van der Waals surface area contributed by atoms with Crippen LogP contribution >= 0.6 is 0 Å². The number of ether oxygens (including phenoxy) is 1. The SMILES string of the molecule is O=S(=O)(NC[C@H]1OC[C@@H](NC2CCCC2)[C@@H]1O)c1ccccc1. The third-order valence-electron chi connectivity index (χ3n) is 4.62. The summed E-state index contributed by atoms with van der Waals surface area (Å²) in [6.45, 7) is 0.483.